The molecule has 0 aliphatic heterocycles. The van der Waals surface area contributed by atoms with Gasteiger partial charge in [-0.05, 0) is 46.0 Å². The fraction of sp³-hybridized carbons (Fsp3) is 0. The van der Waals surface area contributed by atoms with Crippen LogP contribution < -0.4 is 0 Å². The molecule has 0 aromatic heterocycles. The first-order valence-electron chi connectivity index (χ1n) is 2.92. The van der Waals surface area contributed by atoms with E-state index in [-0.39, 0.29) is 4.90 Å². The zero-order chi connectivity index (χ0) is 9.19. The lowest BCUT2D eigenvalue weighted by atomic mass is 10.4. The van der Waals surface area contributed by atoms with Gasteiger partial charge >= 0.3 is 5.05 Å². The normalized spacial score (nSPS) is 11.6. The summed E-state index contributed by atoms with van der Waals surface area (Å²) in [6.07, 6.45) is 0. The Kier molecular flexibility index (Phi) is 3.47. The summed E-state index contributed by atoms with van der Waals surface area (Å²) in [5, 5.41) is -3.29. The molecule has 0 saturated carbocycles. The number of hydrogen-bond donors (Lipinski definition) is 0. The standard InChI is InChI=1S/C6H4Cl2FOPS/c7-11(8,10)12-6-4-2-1-3-5(6)9/h1-4H. The van der Waals surface area contributed by atoms with Crippen LogP contribution in [0.4, 0.5) is 4.39 Å². The van der Waals surface area contributed by atoms with Gasteiger partial charge in [0.05, 0.1) is 4.90 Å². The zero-order valence-electron chi connectivity index (χ0n) is 5.71. The Balaban J connectivity index is 2.90. The Bertz CT molecular complexity index is 327. The van der Waals surface area contributed by atoms with Crippen molar-refractivity contribution in [1.82, 2.24) is 0 Å². The van der Waals surface area contributed by atoms with Gasteiger partial charge in [0.15, 0.2) is 0 Å². The predicted octanol–water partition coefficient (Wildman–Crippen LogP) is 4.50. The van der Waals surface area contributed by atoms with Crippen LogP contribution in [-0.2, 0) is 4.57 Å². The van der Waals surface area contributed by atoms with Crippen LogP contribution >= 0.6 is 38.9 Å². The van der Waals surface area contributed by atoms with Crippen molar-refractivity contribution in [2.45, 2.75) is 4.90 Å². The third-order valence-electron chi connectivity index (χ3n) is 1.04. The summed E-state index contributed by atoms with van der Waals surface area (Å²) < 4.78 is 23.7. The SMILES string of the molecule is O=P(Cl)(Cl)Sc1ccccc1F. The smallest absolute Gasteiger partial charge is 0.277 e. The van der Waals surface area contributed by atoms with E-state index < -0.39 is 10.9 Å². The summed E-state index contributed by atoms with van der Waals surface area (Å²) >= 11 is 11.2. The molecular formula is C6H4Cl2FOPS. The van der Waals surface area contributed by atoms with E-state index in [1.165, 1.54) is 18.2 Å². The van der Waals surface area contributed by atoms with Gasteiger partial charge in [0.2, 0.25) is 0 Å². The summed E-state index contributed by atoms with van der Waals surface area (Å²) in [5.41, 5.74) is 0. The van der Waals surface area contributed by atoms with Crippen LogP contribution in [0.3, 0.4) is 0 Å². The molecule has 66 valence electrons. The van der Waals surface area contributed by atoms with Crippen LogP contribution in [0.15, 0.2) is 29.2 Å². The van der Waals surface area contributed by atoms with Gasteiger partial charge in [0.25, 0.3) is 0 Å². The van der Waals surface area contributed by atoms with Gasteiger partial charge in [-0.25, -0.2) is 4.39 Å². The van der Waals surface area contributed by atoms with Crippen LogP contribution in [0.5, 0.6) is 0 Å². The minimum Gasteiger partial charge on any atom is -0.277 e. The molecule has 0 amide bonds. The average Bonchev–Trinajstić information content (AvgIpc) is 1.91. The van der Waals surface area contributed by atoms with Gasteiger partial charge in [-0.2, -0.15) is 0 Å². The molecule has 0 atom stereocenters. The second-order valence-electron chi connectivity index (χ2n) is 1.94. The van der Waals surface area contributed by atoms with Gasteiger partial charge < -0.3 is 0 Å². The van der Waals surface area contributed by atoms with Crippen molar-refractivity contribution in [3.63, 3.8) is 0 Å². The Morgan fingerprint density at radius 1 is 1.33 bits per heavy atom. The predicted molar refractivity (Wildman–Crippen MR) is 51.6 cm³/mol. The zero-order valence-corrected chi connectivity index (χ0v) is 8.93. The summed E-state index contributed by atoms with van der Waals surface area (Å²) in [6.45, 7) is 0. The van der Waals surface area contributed by atoms with Gasteiger partial charge in [-0.3, -0.25) is 4.57 Å². The quantitative estimate of drug-likeness (QED) is 0.713. The molecule has 6 heteroatoms. The minimum atomic E-state index is -3.29. The molecule has 1 rings (SSSR count). The molecule has 0 fully saturated rings. The van der Waals surface area contributed by atoms with Crippen molar-refractivity contribution in [2.75, 3.05) is 0 Å². The highest BCUT2D eigenvalue weighted by molar-refractivity contribution is 8.72. The number of halogens is 3. The molecule has 0 spiro atoms. The van der Waals surface area contributed by atoms with Crippen LogP contribution in [0.2, 0.25) is 0 Å². The summed E-state index contributed by atoms with van der Waals surface area (Å²) in [7, 11) is 0. The molecule has 0 aliphatic rings. The van der Waals surface area contributed by atoms with Crippen molar-refractivity contribution >= 4 is 38.9 Å². The second-order valence-corrected chi connectivity index (χ2v) is 10.1. The number of rotatable bonds is 2. The van der Waals surface area contributed by atoms with E-state index in [9.17, 15) is 8.96 Å². The van der Waals surface area contributed by atoms with Crippen molar-refractivity contribution in [2.24, 2.45) is 0 Å². The number of hydrogen-bond acceptors (Lipinski definition) is 2. The minimum absolute atomic E-state index is 0.200. The maximum absolute atomic E-state index is 12.9. The van der Waals surface area contributed by atoms with Gasteiger partial charge in [0.1, 0.15) is 5.82 Å². The summed E-state index contributed by atoms with van der Waals surface area (Å²) in [6, 6.07) is 5.88. The fourth-order valence-electron chi connectivity index (χ4n) is 0.633. The Hall–Kier alpha value is 0.310. The van der Waals surface area contributed by atoms with Gasteiger partial charge in [0, 0.05) is 0 Å². The number of benzene rings is 1. The van der Waals surface area contributed by atoms with E-state index in [2.05, 4.69) is 0 Å². The monoisotopic (exact) mass is 244 g/mol. The van der Waals surface area contributed by atoms with Crippen LogP contribution in [0.1, 0.15) is 0 Å². The molecule has 0 saturated heterocycles. The molecule has 0 unspecified atom stereocenters. The Morgan fingerprint density at radius 3 is 2.42 bits per heavy atom. The molecule has 1 aromatic carbocycles. The van der Waals surface area contributed by atoms with Crippen LogP contribution in [0.25, 0.3) is 0 Å². The van der Waals surface area contributed by atoms with E-state index in [0.717, 1.165) is 0 Å². The molecule has 0 heterocycles. The summed E-state index contributed by atoms with van der Waals surface area (Å²) in [4.78, 5) is 0.200. The summed E-state index contributed by atoms with van der Waals surface area (Å²) in [5.74, 6) is -0.468. The van der Waals surface area contributed by atoms with Crippen LogP contribution in [-0.4, -0.2) is 0 Å². The van der Waals surface area contributed by atoms with Crippen molar-refractivity contribution in [3.8, 4) is 0 Å². The molecule has 12 heavy (non-hydrogen) atoms. The molecule has 0 N–H and O–H groups in total. The molecular weight excluding hydrogens is 241 g/mol. The highest BCUT2D eigenvalue weighted by atomic mass is 35.9. The van der Waals surface area contributed by atoms with E-state index in [0.29, 0.717) is 11.4 Å². The fourth-order valence-corrected chi connectivity index (χ4v) is 3.63. The molecule has 0 radical (unpaired) electrons. The lowest BCUT2D eigenvalue weighted by Gasteiger charge is -2.01. The first-order valence-corrected chi connectivity index (χ1v) is 7.86. The van der Waals surface area contributed by atoms with Crippen molar-refractivity contribution in [1.29, 1.82) is 0 Å². The third kappa shape index (κ3) is 3.36. The average molecular weight is 245 g/mol. The van der Waals surface area contributed by atoms with E-state index >= 15 is 0 Å². The Morgan fingerprint density at radius 2 is 1.92 bits per heavy atom. The molecule has 1 nitrogen and oxygen atoms in total. The van der Waals surface area contributed by atoms with Crippen molar-refractivity contribution in [3.05, 3.63) is 30.1 Å². The topological polar surface area (TPSA) is 17.1 Å². The second kappa shape index (κ2) is 4.01. The lowest BCUT2D eigenvalue weighted by Crippen LogP contribution is -1.75. The first-order chi connectivity index (χ1) is 5.49. The lowest BCUT2D eigenvalue weighted by molar-refractivity contribution is 0.597. The Labute approximate surface area is 82.9 Å². The molecule has 0 bridgehead atoms. The molecule has 1 aromatic rings. The van der Waals surface area contributed by atoms with E-state index in [1.807, 2.05) is 0 Å². The largest absolute Gasteiger partial charge is 0.312 e. The first kappa shape index (κ1) is 10.4. The van der Waals surface area contributed by atoms with Gasteiger partial charge in [-0.15, -0.1) is 0 Å². The van der Waals surface area contributed by atoms with E-state index in [1.54, 1.807) is 6.07 Å². The van der Waals surface area contributed by atoms with E-state index in [4.69, 9.17) is 22.5 Å². The highest BCUT2D eigenvalue weighted by Gasteiger charge is 2.17. The highest BCUT2D eigenvalue weighted by Crippen LogP contribution is 2.70. The van der Waals surface area contributed by atoms with Gasteiger partial charge in [-0.1, -0.05) is 12.1 Å². The maximum Gasteiger partial charge on any atom is 0.312 e. The third-order valence-corrected chi connectivity index (χ3v) is 4.25. The maximum atomic E-state index is 12.9. The molecule has 0 aliphatic carbocycles. The van der Waals surface area contributed by atoms with Crippen molar-refractivity contribution < 1.29 is 8.96 Å². The van der Waals surface area contributed by atoms with Crippen LogP contribution in [0, 0.1) is 5.82 Å².